The van der Waals surface area contributed by atoms with Crippen molar-refractivity contribution in [2.24, 2.45) is 0 Å². The molecule has 1 unspecified atom stereocenters. The first kappa shape index (κ1) is 13.5. The lowest BCUT2D eigenvalue weighted by molar-refractivity contribution is 0.165. The van der Waals surface area contributed by atoms with Gasteiger partial charge in [0.15, 0.2) is 0 Å². The lowest BCUT2D eigenvalue weighted by Gasteiger charge is -2.34. The third kappa shape index (κ3) is 2.56. The van der Waals surface area contributed by atoms with Gasteiger partial charge >= 0.3 is 0 Å². The van der Waals surface area contributed by atoms with E-state index in [0.717, 1.165) is 5.56 Å². The van der Waals surface area contributed by atoms with Gasteiger partial charge in [-0.2, -0.15) is 4.31 Å². The van der Waals surface area contributed by atoms with E-state index in [1.165, 1.54) is 4.31 Å². The van der Waals surface area contributed by atoms with Crippen molar-refractivity contribution in [2.75, 3.05) is 26.2 Å². The van der Waals surface area contributed by atoms with Crippen LogP contribution < -0.4 is 5.32 Å². The van der Waals surface area contributed by atoms with Crippen molar-refractivity contribution >= 4 is 10.0 Å². The van der Waals surface area contributed by atoms with Gasteiger partial charge in [-0.1, -0.05) is 17.7 Å². The van der Waals surface area contributed by atoms with Crippen molar-refractivity contribution in [3.05, 3.63) is 29.8 Å². The Morgan fingerprint density at radius 1 is 1.39 bits per heavy atom. The van der Waals surface area contributed by atoms with E-state index in [9.17, 15) is 13.5 Å². The smallest absolute Gasteiger partial charge is 0.243 e. The number of aliphatic hydroxyl groups excluding tert-OH is 1. The summed E-state index contributed by atoms with van der Waals surface area (Å²) in [6, 6.07) is 6.40. The second kappa shape index (κ2) is 5.36. The van der Waals surface area contributed by atoms with Gasteiger partial charge in [-0.15, -0.1) is 0 Å². The van der Waals surface area contributed by atoms with Crippen LogP contribution in [-0.4, -0.2) is 50.1 Å². The number of hydrogen-bond acceptors (Lipinski definition) is 4. The van der Waals surface area contributed by atoms with Crippen molar-refractivity contribution in [3.8, 4) is 0 Å². The Morgan fingerprint density at radius 3 is 2.67 bits per heavy atom. The van der Waals surface area contributed by atoms with Crippen LogP contribution in [0.1, 0.15) is 5.56 Å². The SMILES string of the molecule is Cc1ccc(S(=O)(=O)N2CCNCC2CO)cc1. The van der Waals surface area contributed by atoms with Crippen LogP contribution in [0.4, 0.5) is 0 Å². The predicted molar refractivity (Wildman–Crippen MR) is 68.8 cm³/mol. The molecule has 1 saturated heterocycles. The number of rotatable bonds is 3. The molecule has 1 fully saturated rings. The summed E-state index contributed by atoms with van der Waals surface area (Å²) in [5.74, 6) is 0. The fourth-order valence-electron chi connectivity index (χ4n) is 2.06. The molecule has 0 radical (unpaired) electrons. The molecule has 6 heteroatoms. The van der Waals surface area contributed by atoms with Gasteiger partial charge in [0.05, 0.1) is 17.5 Å². The summed E-state index contributed by atoms with van der Waals surface area (Å²) >= 11 is 0. The summed E-state index contributed by atoms with van der Waals surface area (Å²) in [6.45, 7) is 3.24. The summed E-state index contributed by atoms with van der Waals surface area (Å²) in [6.07, 6.45) is 0. The van der Waals surface area contributed by atoms with E-state index in [2.05, 4.69) is 5.32 Å². The molecule has 1 aliphatic heterocycles. The zero-order valence-electron chi connectivity index (χ0n) is 10.3. The van der Waals surface area contributed by atoms with Crippen molar-refractivity contribution in [3.63, 3.8) is 0 Å². The Labute approximate surface area is 107 Å². The van der Waals surface area contributed by atoms with Crippen LogP contribution in [0.25, 0.3) is 0 Å². The van der Waals surface area contributed by atoms with Crippen LogP contribution in [0, 0.1) is 6.92 Å². The average Bonchev–Trinajstić information content (AvgIpc) is 2.39. The topological polar surface area (TPSA) is 69.6 Å². The van der Waals surface area contributed by atoms with Gasteiger partial charge in [0.2, 0.25) is 10.0 Å². The Balaban J connectivity index is 2.32. The van der Waals surface area contributed by atoms with Gasteiger partial charge in [-0.05, 0) is 19.1 Å². The molecule has 0 aliphatic carbocycles. The minimum absolute atomic E-state index is 0.169. The van der Waals surface area contributed by atoms with E-state index in [-0.39, 0.29) is 17.5 Å². The summed E-state index contributed by atoms with van der Waals surface area (Å²) in [5.41, 5.74) is 1.02. The Kier molecular flexibility index (Phi) is 4.01. The van der Waals surface area contributed by atoms with Crippen LogP contribution in [0.5, 0.6) is 0 Å². The number of piperazine rings is 1. The second-order valence-corrected chi connectivity index (χ2v) is 6.36. The number of nitrogens with one attached hydrogen (secondary N) is 1. The monoisotopic (exact) mass is 270 g/mol. The largest absolute Gasteiger partial charge is 0.395 e. The second-order valence-electron chi connectivity index (χ2n) is 4.47. The minimum Gasteiger partial charge on any atom is -0.395 e. The van der Waals surface area contributed by atoms with Crippen LogP contribution in [0.3, 0.4) is 0 Å². The van der Waals surface area contributed by atoms with E-state index in [0.29, 0.717) is 19.6 Å². The third-order valence-corrected chi connectivity index (χ3v) is 5.10. The molecule has 1 aromatic rings. The lowest BCUT2D eigenvalue weighted by Crippen LogP contribution is -2.54. The minimum atomic E-state index is -3.51. The van der Waals surface area contributed by atoms with Crippen LogP contribution >= 0.6 is 0 Å². The number of sulfonamides is 1. The van der Waals surface area contributed by atoms with E-state index >= 15 is 0 Å². The van der Waals surface area contributed by atoms with E-state index in [1.54, 1.807) is 24.3 Å². The van der Waals surface area contributed by atoms with Crippen LogP contribution in [0.15, 0.2) is 29.2 Å². The number of hydrogen-bond donors (Lipinski definition) is 2. The maximum atomic E-state index is 12.5. The summed E-state index contributed by atoms with van der Waals surface area (Å²) in [7, 11) is -3.51. The Hall–Kier alpha value is -0.950. The lowest BCUT2D eigenvalue weighted by atomic mass is 10.2. The molecule has 0 aromatic heterocycles. The summed E-state index contributed by atoms with van der Waals surface area (Å²) in [4.78, 5) is 0.286. The molecule has 0 amide bonds. The van der Waals surface area contributed by atoms with E-state index < -0.39 is 10.0 Å². The molecule has 1 atom stereocenters. The van der Waals surface area contributed by atoms with Gasteiger partial charge in [0, 0.05) is 19.6 Å². The first-order valence-corrected chi connectivity index (χ1v) is 7.40. The fourth-order valence-corrected chi connectivity index (χ4v) is 3.68. The molecule has 2 rings (SSSR count). The zero-order valence-corrected chi connectivity index (χ0v) is 11.2. The first-order chi connectivity index (χ1) is 8.55. The van der Waals surface area contributed by atoms with Gasteiger partial charge in [-0.3, -0.25) is 0 Å². The summed E-state index contributed by atoms with van der Waals surface area (Å²) in [5, 5.41) is 12.4. The summed E-state index contributed by atoms with van der Waals surface area (Å²) < 4.78 is 26.3. The molecular formula is C12H18N2O3S. The highest BCUT2D eigenvalue weighted by Gasteiger charge is 2.32. The molecule has 100 valence electrons. The van der Waals surface area contributed by atoms with Gasteiger partial charge in [-0.25, -0.2) is 8.42 Å². The van der Waals surface area contributed by atoms with Crippen molar-refractivity contribution in [2.45, 2.75) is 17.9 Å². The van der Waals surface area contributed by atoms with E-state index in [4.69, 9.17) is 0 Å². The van der Waals surface area contributed by atoms with Crippen LogP contribution in [-0.2, 0) is 10.0 Å². The number of nitrogens with zero attached hydrogens (tertiary/aromatic N) is 1. The highest BCUT2D eigenvalue weighted by Crippen LogP contribution is 2.19. The van der Waals surface area contributed by atoms with Gasteiger partial charge in [0.25, 0.3) is 0 Å². The Bertz CT molecular complexity index is 499. The predicted octanol–water partition coefficient (Wildman–Crippen LogP) is -0.0502. The zero-order chi connectivity index (χ0) is 13.2. The molecule has 0 spiro atoms. The Morgan fingerprint density at radius 2 is 2.06 bits per heavy atom. The van der Waals surface area contributed by atoms with Gasteiger partial charge in [0.1, 0.15) is 0 Å². The molecular weight excluding hydrogens is 252 g/mol. The standard InChI is InChI=1S/C12H18N2O3S/c1-10-2-4-12(5-3-10)18(16,17)14-7-6-13-8-11(14)9-15/h2-5,11,13,15H,6-9H2,1H3. The highest BCUT2D eigenvalue weighted by atomic mass is 32.2. The van der Waals surface area contributed by atoms with Crippen LogP contribution in [0.2, 0.25) is 0 Å². The molecule has 18 heavy (non-hydrogen) atoms. The molecule has 0 saturated carbocycles. The first-order valence-electron chi connectivity index (χ1n) is 5.96. The number of aryl methyl sites for hydroxylation is 1. The third-order valence-electron chi connectivity index (χ3n) is 3.13. The van der Waals surface area contributed by atoms with Gasteiger partial charge < -0.3 is 10.4 Å². The number of aliphatic hydroxyl groups is 1. The normalized spacial score (nSPS) is 22.0. The molecule has 2 N–H and O–H groups in total. The van der Waals surface area contributed by atoms with Crippen molar-refractivity contribution in [1.29, 1.82) is 0 Å². The molecule has 0 bridgehead atoms. The average molecular weight is 270 g/mol. The maximum Gasteiger partial charge on any atom is 0.243 e. The quantitative estimate of drug-likeness (QED) is 0.808. The van der Waals surface area contributed by atoms with Crippen molar-refractivity contribution < 1.29 is 13.5 Å². The molecule has 1 heterocycles. The highest BCUT2D eigenvalue weighted by molar-refractivity contribution is 7.89. The fraction of sp³-hybridized carbons (Fsp3) is 0.500. The molecule has 5 nitrogen and oxygen atoms in total. The van der Waals surface area contributed by atoms with Crippen molar-refractivity contribution in [1.82, 2.24) is 9.62 Å². The maximum absolute atomic E-state index is 12.5. The van der Waals surface area contributed by atoms with E-state index in [1.807, 2.05) is 6.92 Å². The molecule has 1 aliphatic rings. The number of benzene rings is 1. The molecule has 1 aromatic carbocycles.